The van der Waals surface area contributed by atoms with Crippen molar-refractivity contribution in [2.75, 3.05) is 26.2 Å². The Morgan fingerprint density at radius 1 is 1.08 bits per heavy atom. The molecule has 1 spiro atoms. The lowest BCUT2D eigenvalue weighted by molar-refractivity contribution is -0.157. The van der Waals surface area contributed by atoms with Gasteiger partial charge in [-0.1, -0.05) is 30.3 Å². The van der Waals surface area contributed by atoms with Gasteiger partial charge in [-0.2, -0.15) is 0 Å². The molecular weight excluding hydrogens is 310 g/mol. The van der Waals surface area contributed by atoms with Gasteiger partial charge in [0.05, 0.1) is 25.0 Å². The van der Waals surface area contributed by atoms with Crippen molar-refractivity contribution in [3.63, 3.8) is 0 Å². The smallest absolute Gasteiger partial charge is 0.408 e. The highest BCUT2D eigenvalue weighted by Crippen LogP contribution is 2.38. The average molecular weight is 329 g/mol. The van der Waals surface area contributed by atoms with Crippen LogP contribution in [0.5, 0.6) is 0 Å². The molecule has 2 N–H and O–H groups in total. The SMILES string of the molecule is O=C1CCC(C(=O)N2CC3(CNC(=O)O3)C2)(c2ccccc2)CN1. The minimum Gasteiger partial charge on any atom is -0.437 e. The largest absolute Gasteiger partial charge is 0.437 e. The second-order valence-electron chi connectivity index (χ2n) is 6.81. The first-order valence-corrected chi connectivity index (χ1v) is 8.12. The molecule has 3 heterocycles. The zero-order chi connectivity index (χ0) is 16.8. The van der Waals surface area contributed by atoms with Gasteiger partial charge in [0.2, 0.25) is 11.8 Å². The molecule has 0 bridgehead atoms. The van der Waals surface area contributed by atoms with E-state index in [4.69, 9.17) is 4.74 Å². The van der Waals surface area contributed by atoms with Crippen LogP contribution in [0.25, 0.3) is 0 Å². The molecule has 3 saturated heterocycles. The standard InChI is InChI=1S/C17H19N3O4/c21-13-6-7-17(9-18-13,12-4-2-1-3-5-12)14(22)20-10-16(11-20)8-19-15(23)24-16/h1-5H,6-11H2,(H,18,21)(H,19,23). The van der Waals surface area contributed by atoms with Gasteiger partial charge in [-0.3, -0.25) is 9.59 Å². The Kier molecular flexibility index (Phi) is 3.26. The molecule has 0 aliphatic carbocycles. The summed E-state index contributed by atoms with van der Waals surface area (Å²) in [7, 11) is 0. The Hall–Kier alpha value is -2.57. The molecule has 7 nitrogen and oxygen atoms in total. The molecule has 0 saturated carbocycles. The van der Waals surface area contributed by atoms with Gasteiger partial charge in [0, 0.05) is 13.0 Å². The maximum absolute atomic E-state index is 13.2. The molecule has 3 aliphatic rings. The maximum Gasteiger partial charge on any atom is 0.408 e. The number of carbonyl (C=O) groups excluding carboxylic acids is 3. The first-order chi connectivity index (χ1) is 11.5. The molecule has 0 aromatic heterocycles. The van der Waals surface area contributed by atoms with Crippen LogP contribution in [-0.2, 0) is 19.7 Å². The number of benzene rings is 1. The third-order valence-corrected chi connectivity index (χ3v) is 5.21. The fourth-order valence-corrected chi connectivity index (χ4v) is 3.84. The number of alkyl carbamates (subject to hydrolysis) is 1. The van der Waals surface area contributed by atoms with E-state index in [9.17, 15) is 14.4 Å². The Morgan fingerprint density at radius 3 is 2.42 bits per heavy atom. The zero-order valence-corrected chi connectivity index (χ0v) is 13.2. The third kappa shape index (κ3) is 2.23. The first kappa shape index (κ1) is 15.0. The van der Waals surface area contributed by atoms with Gasteiger partial charge in [0.15, 0.2) is 5.60 Å². The number of amides is 3. The van der Waals surface area contributed by atoms with E-state index in [0.717, 1.165) is 5.56 Å². The van der Waals surface area contributed by atoms with Crippen LogP contribution in [0.15, 0.2) is 30.3 Å². The van der Waals surface area contributed by atoms with Gasteiger partial charge in [-0.15, -0.1) is 0 Å². The van der Waals surface area contributed by atoms with Crippen LogP contribution < -0.4 is 10.6 Å². The van der Waals surface area contributed by atoms with E-state index in [0.29, 0.717) is 39.0 Å². The highest BCUT2D eigenvalue weighted by Gasteiger charge is 2.56. The van der Waals surface area contributed by atoms with Gasteiger partial charge >= 0.3 is 6.09 Å². The summed E-state index contributed by atoms with van der Waals surface area (Å²) < 4.78 is 5.29. The molecule has 24 heavy (non-hydrogen) atoms. The minimum absolute atomic E-state index is 0.0118. The van der Waals surface area contributed by atoms with Crippen LogP contribution in [0.1, 0.15) is 18.4 Å². The van der Waals surface area contributed by atoms with Crippen molar-refractivity contribution < 1.29 is 19.1 Å². The molecular formula is C17H19N3O4. The number of nitrogens with one attached hydrogen (secondary N) is 2. The first-order valence-electron chi connectivity index (χ1n) is 8.12. The van der Waals surface area contributed by atoms with Gasteiger partial charge in [0.1, 0.15) is 0 Å². The topological polar surface area (TPSA) is 87.7 Å². The van der Waals surface area contributed by atoms with E-state index in [1.54, 1.807) is 4.90 Å². The van der Waals surface area contributed by atoms with Crippen molar-refractivity contribution >= 4 is 17.9 Å². The van der Waals surface area contributed by atoms with Crippen molar-refractivity contribution in [2.45, 2.75) is 23.9 Å². The summed E-state index contributed by atoms with van der Waals surface area (Å²) in [5, 5.41) is 5.48. The second kappa shape index (κ2) is 5.22. The van der Waals surface area contributed by atoms with Crippen LogP contribution >= 0.6 is 0 Å². The van der Waals surface area contributed by atoms with E-state index in [2.05, 4.69) is 10.6 Å². The van der Waals surface area contributed by atoms with E-state index < -0.39 is 17.1 Å². The number of ether oxygens (including phenoxy) is 1. The van der Waals surface area contributed by atoms with Crippen LogP contribution in [-0.4, -0.2) is 54.6 Å². The number of piperidine rings is 1. The monoisotopic (exact) mass is 329 g/mol. The summed E-state index contributed by atoms with van der Waals surface area (Å²) in [6, 6.07) is 9.58. The summed E-state index contributed by atoms with van der Waals surface area (Å²) in [6.07, 6.45) is 0.393. The predicted octanol–water partition coefficient (Wildman–Crippen LogP) is 0.155. The molecule has 1 unspecified atom stereocenters. The maximum atomic E-state index is 13.2. The molecule has 1 atom stereocenters. The van der Waals surface area contributed by atoms with E-state index >= 15 is 0 Å². The summed E-state index contributed by atoms with van der Waals surface area (Å²) >= 11 is 0. The van der Waals surface area contributed by atoms with E-state index in [1.807, 2.05) is 30.3 Å². The number of likely N-dealkylation sites (tertiary alicyclic amines) is 1. The highest BCUT2D eigenvalue weighted by atomic mass is 16.6. The van der Waals surface area contributed by atoms with Gasteiger partial charge in [-0.05, 0) is 12.0 Å². The Morgan fingerprint density at radius 2 is 1.83 bits per heavy atom. The number of nitrogens with zero attached hydrogens (tertiary/aromatic N) is 1. The molecule has 0 radical (unpaired) electrons. The number of rotatable bonds is 2. The van der Waals surface area contributed by atoms with Gasteiger partial charge in [0.25, 0.3) is 0 Å². The normalized spacial score (nSPS) is 27.9. The summed E-state index contributed by atoms with van der Waals surface area (Å²) in [5.74, 6) is -0.0365. The molecule has 3 amide bonds. The molecule has 3 fully saturated rings. The molecule has 4 rings (SSSR count). The van der Waals surface area contributed by atoms with E-state index in [-0.39, 0.29) is 11.8 Å². The lowest BCUT2D eigenvalue weighted by Crippen LogP contribution is -2.69. The zero-order valence-electron chi connectivity index (χ0n) is 13.2. The lowest BCUT2D eigenvalue weighted by Gasteiger charge is -2.49. The quantitative estimate of drug-likeness (QED) is 0.809. The van der Waals surface area contributed by atoms with Crippen molar-refractivity contribution in [1.29, 1.82) is 0 Å². The lowest BCUT2D eigenvalue weighted by atomic mass is 9.72. The molecule has 1 aromatic rings. The summed E-state index contributed by atoms with van der Waals surface area (Å²) in [4.78, 5) is 37.8. The van der Waals surface area contributed by atoms with Crippen LogP contribution in [0, 0.1) is 0 Å². The average Bonchev–Trinajstić information content (AvgIpc) is 2.97. The Balaban J connectivity index is 1.57. The third-order valence-electron chi connectivity index (χ3n) is 5.21. The molecule has 126 valence electrons. The highest BCUT2D eigenvalue weighted by molar-refractivity contribution is 5.92. The fourth-order valence-electron chi connectivity index (χ4n) is 3.84. The predicted molar refractivity (Wildman–Crippen MR) is 84.2 cm³/mol. The fraction of sp³-hybridized carbons (Fsp3) is 0.471. The van der Waals surface area contributed by atoms with Crippen molar-refractivity contribution in [3.05, 3.63) is 35.9 Å². The Bertz CT molecular complexity index is 687. The molecule has 1 aromatic carbocycles. The second-order valence-corrected chi connectivity index (χ2v) is 6.81. The Labute approximate surface area is 139 Å². The number of hydrogen-bond acceptors (Lipinski definition) is 4. The van der Waals surface area contributed by atoms with Gasteiger partial charge < -0.3 is 20.3 Å². The van der Waals surface area contributed by atoms with Gasteiger partial charge in [-0.25, -0.2) is 4.79 Å². The number of carbonyl (C=O) groups is 3. The summed E-state index contributed by atoms with van der Waals surface area (Å²) in [5.41, 5.74) is -0.410. The van der Waals surface area contributed by atoms with E-state index in [1.165, 1.54) is 0 Å². The summed E-state index contributed by atoms with van der Waals surface area (Å²) in [6.45, 7) is 1.53. The van der Waals surface area contributed by atoms with Crippen LogP contribution in [0.3, 0.4) is 0 Å². The molecule has 7 heteroatoms. The molecule has 3 aliphatic heterocycles. The van der Waals surface area contributed by atoms with Crippen molar-refractivity contribution in [2.24, 2.45) is 0 Å². The minimum atomic E-state index is -0.743. The van der Waals surface area contributed by atoms with Crippen LogP contribution in [0.4, 0.5) is 4.79 Å². The van der Waals surface area contributed by atoms with Crippen molar-refractivity contribution in [3.8, 4) is 0 Å². The van der Waals surface area contributed by atoms with Crippen molar-refractivity contribution in [1.82, 2.24) is 15.5 Å². The van der Waals surface area contributed by atoms with Crippen LogP contribution in [0.2, 0.25) is 0 Å². The number of hydrogen-bond donors (Lipinski definition) is 2.